The molecule has 0 aromatic carbocycles. The molecule has 1 aliphatic heterocycles. The number of pyridine rings is 1. The molecular formula is C12H19N3. The number of aryl methyl sites for hydroxylation is 1. The number of aromatic nitrogens is 1. The highest BCUT2D eigenvalue weighted by Crippen LogP contribution is 2.17. The molecule has 0 spiro atoms. The Hall–Kier alpha value is -1.09. The first kappa shape index (κ1) is 10.4. The summed E-state index contributed by atoms with van der Waals surface area (Å²) in [4.78, 5) is 6.52. The lowest BCUT2D eigenvalue weighted by Gasteiger charge is -2.20. The van der Waals surface area contributed by atoms with E-state index in [1.165, 1.54) is 30.6 Å². The monoisotopic (exact) mass is 205 g/mol. The largest absolute Gasteiger partial charge is 0.383 e. The number of anilines is 1. The fourth-order valence-corrected chi connectivity index (χ4v) is 2.14. The zero-order chi connectivity index (χ0) is 10.7. The van der Waals surface area contributed by atoms with Gasteiger partial charge in [-0.1, -0.05) is 0 Å². The Kier molecular flexibility index (Phi) is 3.21. The highest BCUT2D eigenvalue weighted by molar-refractivity contribution is 5.48. The van der Waals surface area contributed by atoms with Gasteiger partial charge in [-0.2, -0.15) is 0 Å². The van der Waals surface area contributed by atoms with E-state index in [1.54, 1.807) is 0 Å². The molecule has 1 atom stereocenters. The van der Waals surface area contributed by atoms with Gasteiger partial charge in [-0.25, -0.2) is 0 Å². The van der Waals surface area contributed by atoms with Gasteiger partial charge in [-0.05, 0) is 45.0 Å². The number of nitrogens with one attached hydrogen (secondary N) is 1. The third-order valence-electron chi connectivity index (χ3n) is 3.22. The molecule has 15 heavy (non-hydrogen) atoms. The Morgan fingerprint density at radius 3 is 3.13 bits per heavy atom. The Morgan fingerprint density at radius 1 is 1.60 bits per heavy atom. The Balaban J connectivity index is 1.90. The van der Waals surface area contributed by atoms with Gasteiger partial charge >= 0.3 is 0 Å². The zero-order valence-electron chi connectivity index (χ0n) is 9.53. The first-order chi connectivity index (χ1) is 7.27. The van der Waals surface area contributed by atoms with E-state index < -0.39 is 0 Å². The van der Waals surface area contributed by atoms with Gasteiger partial charge < -0.3 is 10.2 Å². The molecule has 82 valence electrons. The van der Waals surface area contributed by atoms with E-state index in [1.807, 2.05) is 18.5 Å². The van der Waals surface area contributed by atoms with Crippen LogP contribution in [-0.4, -0.2) is 36.1 Å². The molecule has 1 N–H and O–H groups in total. The number of likely N-dealkylation sites (tertiary alicyclic amines) is 1. The second kappa shape index (κ2) is 4.62. The minimum absolute atomic E-state index is 0.692. The molecule has 3 nitrogen and oxygen atoms in total. The lowest BCUT2D eigenvalue weighted by Crippen LogP contribution is -2.31. The Morgan fingerprint density at radius 2 is 2.47 bits per heavy atom. The number of hydrogen-bond donors (Lipinski definition) is 1. The van der Waals surface area contributed by atoms with Crippen LogP contribution >= 0.6 is 0 Å². The molecule has 2 rings (SSSR count). The second-order valence-corrected chi connectivity index (χ2v) is 4.35. The van der Waals surface area contributed by atoms with Gasteiger partial charge in [0.1, 0.15) is 0 Å². The molecule has 1 fully saturated rings. The van der Waals surface area contributed by atoms with Crippen LogP contribution in [0.4, 0.5) is 5.69 Å². The first-order valence-electron chi connectivity index (χ1n) is 5.62. The molecule has 0 radical (unpaired) electrons. The predicted molar refractivity (Wildman–Crippen MR) is 63.1 cm³/mol. The molecule has 0 bridgehead atoms. The summed E-state index contributed by atoms with van der Waals surface area (Å²) in [6.07, 6.45) is 6.39. The molecular weight excluding hydrogens is 186 g/mol. The summed E-state index contributed by atoms with van der Waals surface area (Å²) in [6, 6.07) is 2.74. The third kappa shape index (κ3) is 2.48. The van der Waals surface area contributed by atoms with Crippen LogP contribution in [0.25, 0.3) is 0 Å². The summed E-state index contributed by atoms with van der Waals surface area (Å²) in [6.45, 7) is 4.37. The lowest BCUT2D eigenvalue weighted by molar-refractivity contribution is 0.322. The maximum Gasteiger partial charge on any atom is 0.0401 e. The van der Waals surface area contributed by atoms with Crippen LogP contribution in [0.3, 0.4) is 0 Å². The summed E-state index contributed by atoms with van der Waals surface area (Å²) in [7, 11) is 2.21. The lowest BCUT2D eigenvalue weighted by atomic mass is 10.2. The quantitative estimate of drug-likeness (QED) is 0.817. The topological polar surface area (TPSA) is 28.2 Å². The minimum atomic E-state index is 0.692. The summed E-state index contributed by atoms with van der Waals surface area (Å²) < 4.78 is 0. The summed E-state index contributed by atoms with van der Waals surface area (Å²) in [5.74, 6) is 0. The maximum absolute atomic E-state index is 4.09. The smallest absolute Gasteiger partial charge is 0.0401 e. The molecule has 3 heteroatoms. The van der Waals surface area contributed by atoms with Crippen LogP contribution in [0.2, 0.25) is 0 Å². The number of likely N-dealkylation sites (N-methyl/N-ethyl adjacent to an activating group) is 1. The van der Waals surface area contributed by atoms with Crippen LogP contribution in [0.5, 0.6) is 0 Å². The molecule has 1 aromatic heterocycles. The highest BCUT2D eigenvalue weighted by atomic mass is 15.2. The van der Waals surface area contributed by atoms with Crippen molar-refractivity contribution in [3.8, 4) is 0 Å². The van der Waals surface area contributed by atoms with E-state index in [2.05, 4.69) is 29.2 Å². The molecule has 0 saturated carbocycles. The van der Waals surface area contributed by atoms with Crippen molar-refractivity contribution >= 4 is 5.69 Å². The molecule has 0 aliphatic carbocycles. The van der Waals surface area contributed by atoms with Crippen molar-refractivity contribution < 1.29 is 0 Å². The van der Waals surface area contributed by atoms with E-state index in [4.69, 9.17) is 0 Å². The molecule has 1 aliphatic rings. The van der Waals surface area contributed by atoms with Crippen LogP contribution in [0.1, 0.15) is 18.4 Å². The maximum atomic E-state index is 4.09. The molecule has 1 saturated heterocycles. The minimum Gasteiger partial charge on any atom is -0.383 e. The molecule has 1 aromatic rings. The number of rotatable bonds is 3. The molecule has 2 heterocycles. The van der Waals surface area contributed by atoms with E-state index in [-0.39, 0.29) is 0 Å². The predicted octanol–water partition coefficient (Wildman–Crippen LogP) is 1.90. The highest BCUT2D eigenvalue weighted by Gasteiger charge is 2.20. The van der Waals surface area contributed by atoms with Gasteiger partial charge in [0, 0.05) is 30.7 Å². The Labute approximate surface area is 91.5 Å². The molecule has 1 unspecified atom stereocenters. The average molecular weight is 205 g/mol. The van der Waals surface area contributed by atoms with Crippen molar-refractivity contribution in [1.82, 2.24) is 9.88 Å². The zero-order valence-corrected chi connectivity index (χ0v) is 9.53. The third-order valence-corrected chi connectivity index (χ3v) is 3.22. The normalized spacial score (nSPS) is 21.9. The average Bonchev–Trinajstić information content (AvgIpc) is 2.63. The van der Waals surface area contributed by atoms with Gasteiger partial charge in [0.2, 0.25) is 0 Å². The van der Waals surface area contributed by atoms with Gasteiger partial charge in [0.05, 0.1) is 0 Å². The van der Waals surface area contributed by atoms with Crippen molar-refractivity contribution in [2.45, 2.75) is 25.8 Å². The van der Waals surface area contributed by atoms with E-state index in [0.717, 1.165) is 6.54 Å². The fraction of sp³-hybridized carbons (Fsp3) is 0.583. The molecule has 0 amide bonds. The Bertz CT molecular complexity index is 324. The first-order valence-corrected chi connectivity index (χ1v) is 5.62. The van der Waals surface area contributed by atoms with E-state index >= 15 is 0 Å². The van der Waals surface area contributed by atoms with Crippen molar-refractivity contribution in [2.75, 3.05) is 25.5 Å². The van der Waals surface area contributed by atoms with Gasteiger partial charge in [-0.3, -0.25) is 4.98 Å². The summed E-state index contributed by atoms with van der Waals surface area (Å²) >= 11 is 0. The van der Waals surface area contributed by atoms with Crippen molar-refractivity contribution in [1.29, 1.82) is 0 Å². The van der Waals surface area contributed by atoms with Crippen LogP contribution in [0.15, 0.2) is 18.5 Å². The van der Waals surface area contributed by atoms with E-state index in [0.29, 0.717) is 6.04 Å². The SMILES string of the molecule is Cc1cnccc1NCC1CCCN1C. The summed E-state index contributed by atoms with van der Waals surface area (Å²) in [5, 5.41) is 3.50. The van der Waals surface area contributed by atoms with Crippen molar-refractivity contribution in [3.63, 3.8) is 0 Å². The van der Waals surface area contributed by atoms with Gasteiger partial charge in [-0.15, -0.1) is 0 Å². The standard InChI is InChI=1S/C12H19N3/c1-10-8-13-6-5-12(10)14-9-11-4-3-7-15(11)2/h5-6,8,11H,3-4,7,9H2,1-2H3,(H,13,14). The van der Waals surface area contributed by atoms with Crippen molar-refractivity contribution in [3.05, 3.63) is 24.0 Å². The van der Waals surface area contributed by atoms with Gasteiger partial charge in [0.25, 0.3) is 0 Å². The second-order valence-electron chi connectivity index (χ2n) is 4.35. The van der Waals surface area contributed by atoms with Crippen LogP contribution in [-0.2, 0) is 0 Å². The summed E-state index contributed by atoms with van der Waals surface area (Å²) in [5.41, 5.74) is 2.43. The van der Waals surface area contributed by atoms with Crippen molar-refractivity contribution in [2.24, 2.45) is 0 Å². The van der Waals surface area contributed by atoms with Crippen LogP contribution < -0.4 is 5.32 Å². The fourth-order valence-electron chi connectivity index (χ4n) is 2.14. The van der Waals surface area contributed by atoms with Gasteiger partial charge in [0.15, 0.2) is 0 Å². The van der Waals surface area contributed by atoms with E-state index in [9.17, 15) is 0 Å². The number of hydrogen-bond acceptors (Lipinski definition) is 3. The number of nitrogens with zero attached hydrogens (tertiary/aromatic N) is 2. The van der Waals surface area contributed by atoms with Crippen LogP contribution in [0, 0.1) is 6.92 Å².